The van der Waals surface area contributed by atoms with E-state index >= 15 is 0 Å². The van der Waals surface area contributed by atoms with Gasteiger partial charge in [0.1, 0.15) is 0 Å². The second kappa shape index (κ2) is 7.92. The largest absolute Gasteiger partial charge is 0.416 e. The molecule has 3 N–H and O–H groups in total. The fourth-order valence-electron chi connectivity index (χ4n) is 3.13. The number of aromatic amines is 1. The molecular formula is C19H16Cl3F3N2. The molecule has 0 fully saturated rings. The SMILES string of the molecule is NCCCCc1c(-c2cc(C(F)(F)F)ccc2Cl)[nH]c2cc(Cl)cc(Cl)c12. The van der Waals surface area contributed by atoms with Gasteiger partial charge in [-0.25, -0.2) is 0 Å². The van der Waals surface area contributed by atoms with Crippen molar-refractivity contribution in [2.75, 3.05) is 6.54 Å². The monoisotopic (exact) mass is 434 g/mol. The van der Waals surface area contributed by atoms with Crippen molar-refractivity contribution in [2.24, 2.45) is 5.73 Å². The van der Waals surface area contributed by atoms with Gasteiger partial charge in [-0.15, -0.1) is 0 Å². The normalized spacial score (nSPS) is 12.1. The van der Waals surface area contributed by atoms with Crippen LogP contribution < -0.4 is 5.73 Å². The molecule has 0 atom stereocenters. The van der Waals surface area contributed by atoms with E-state index in [1.807, 2.05) is 0 Å². The summed E-state index contributed by atoms with van der Waals surface area (Å²) in [7, 11) is 0. The summed E-state index contributed by atoms with van der Waals surface area (Å²) in [4.78, 5) is 3.16. The maximum absolute atomic E-state index is 13.2. The van der Waals surface area contributed by atoms with E-state index in [2.05, 4.69) is 4.98 Å². The van der Waals surface area contributed by atoms with E-state index in [1.165, 1.54) is 6.07 Å². The van der Waals surface area contributed by atoms with E-state index in [1.54, 1.807) is 12.1 Å². The van der Waals surface area contributed by atoms with Crippen molar-refractivity contribution in [3.8, 4) is 11.3 Å². The van der Waals surface area contributed by atoms with Crippen LogP contribution in [-0.4, -0.2) is 11.5 Å². The average molecular weight is 436 g/mol. The third-order valence-corrected chi connectivity index (χ3v) is 5.21. The lowest BCUT2D eigenvalue weighted by Gasteiger charge is -2.12. The number of nitrogens with two attached hydrogens (primary N) is 1. The molecule has 0 unspecified atom stereocenters. The Hall–Kier alpha value is -1.40. The first-order chi connectivity index (χ1) is 12.7. The maximum atomic E-state index is 13.2. The van der Waals surface area contributed by atoms with Crippen LogP contribution in [0.4, 0.5) is 13.2 Å². The minimum atomic E-state index is -4.47. The number of unbranched alkanes of at least 4 members (excludes halogenated alkanes) is 1. The molecule has 0 saturated heterocycles. The summed E-state index contributed by atoms with van der Waals surface area (Å²) >= 11 is 18.7. The van der Waals surface area contributed by atoms with Gasteiger partial charge in [0, 0.05) is 26.5 Å². The summed E-state index contributed by atoms with van der Waals surface area (Å²) in [5, 5.41) is 1.83. The molecule has 3 rings (SSSR count). The van der Waals surface area contributed by atoms with Crippen LogP contribution >= 0.6 is 34.8 Å². The van der Waals surface area contributed by atoms with Crippen LogP contribution in [0.15, 0.2) is 30.3 Å². The first-order valence-corrected chi connectivity index (χ1v) is 9.42. The Morgan fingerprint density at radius 1 is 0.963 bits per heavy atom. The van der Waals surface area contributed by atoms with Gasteiger partial charge in [-0.1, -0.05) is 34.8 Å². The van der Waals surface area contributed by atoms with Crippen LogP contribution in [-0.2, 0) is 12.6 Å². The van der Waals surface area contributed by atoms with Crippen LogP contribution in [0.25, 0.3) is 22.2 Å². The topological polar surface area (TPSA) is 41.8 Å². The number of aromatic nitrogens is 1. The van der Waals surface area contributed by atoms with Crippen molar-refractivity contribution < 1.29 is 13.2 Å². The molecule has 2 nitrogen and oxygen atoms in total. The van der Waals surface area contributed by atoms with Gasteiger partial charge in [0.15, 0.2) is 0 Å². The van der Waals surface area contributed by atoms with Gasteiger partial charge in [0.2, 0.25) is 0 Å². The van der Waals surface area contributed by atoms with Crippen LogP contribution in [0.2, 0.25) is 15.1 Å². The van der Waals surface area contributed by atoms with Gasteiger partial charge in [-0.05, 0) is 61.7 Å². The lowest BCUT2D eigenvalue weighted by atomic mass is 9.99. The summed E-state index contributed by atoms with van der Waals surface area (Å²) in [5.74, 6) is 0. The van der Waals surface area contributed by atoms with E-state index in [4.69, 9.17) is 40.5 Å². The molecule has 0 bridgehead atoms. The van der Waals surface area contributed by atoms with E-state index < -0.39 is 11.7 Å². The minimum Gasteiger partial charge on any atom is -0.354 e. The van der Waals surface area contributed by atoms with Crippen molar-refractivity contribution >= 4 is 45.7 Å². The number of aryl methyl sites for hydroxylation is 1. The molecule has 0 aliphatic heterocycles. The van der Waals surface area contributed by atoms with Crippen LogP contribution in [0.1, 0.15) is 24.0 Å². The van der Waals surface area contributed by atoms with Crippen molar-refractivity contribution in [2.45, 2.75) is 25.4 Å². The van der Waals surface area contributed by atoms with Crippen molar-refractivity contribution in [1.82, 2.24) is 4.98 Å². The van der Waals surface area contributed by atoms with E-state index in [-0.39, 0.29) is 10.6 Å². The highest BCUT2D eigenvalue weighted by molar-refractivity contribution is 6.39. The molecule has 1 heterocycles. The van der Waals surface area contributed by atoms with Crippen LogP contribution in [0, 0.1) is 0 Å². The van der Waals surface area contributed by atoms with E-state index in [9.17, 15) is 13.2 Å². The highest BCUT2D eigenvalue weighted by Gasteiger charge is 2.31. The number of fused-ring (bicyclic) bond motifs is 1. The molecule has 0 aliphatic rings. The molecule has 8 heteroatoms. The molecular weight excluding hydrogens is 420 g/mol. The highest BCUT2D eigenvalue weighted by atomic mass is 35.5. The smallest absolute Gasteiger partial charge is 0.354 e. The zero-order chi connectivity index (χ0) is 19.8. The molecule has 0 spiro atoms. The third-order valence-electron chi connectivity index (χ3n) is 4.36. The van der Waals surface area contributed by atoms with Crippen molar-refractivity contribution in [1.29, 1.82) is 0 Å². The number of rotatable bonds is 5. The standard InChI is InChI=1S/C19H16Cl3F3N2/c20-11-8-15(22)17-12(3-1-2-6-26)18(27-16(17)9-11)13-7-10(19(23,24)25)4-5-14(13)21/h4-5,7-9,27H,1-3,6,26H2. The quantitative estimate of drug-likeness (QED) is 0.412. The summed E-state index contributed by atoms with van der Waals surface area (Å²) in [5.41, 5.74) is 7.06. The van der Waals surface area contributed by atoms with Crippen LogP contribution in [0.3, 0.4) is 0 Å². The molecule has 2 aromatic carbocycles. The van der Waals surface area contributed by atoms with Gasteiger partial charge in [0.25, 0.3) is 0 Å². The molecule has 0 amide bonds. The van der Waals surface area contributed by atoms with E-state index in [0.29, 0.717) is 34.2 Å². The predicted octanol–water partition coefficient (Wildman–Crippen LogP) is 7.10. The Balaban J connectivity index is 2.24. The Kier molecular flexibility index (Phi) is 5.96. The number of halogens is 6. The Morgan fingerprint density at radius 3 is 2.37 bits per heavy atom. The Labute approximate surface area is 169 Å². The molecule has 0 aliphatic carbocycles. The van der Waals surface area contributed by atoms with Gasteiger partial charge in [-0.3, -0.25) is 0 Å². The summed E-state index contributed by atoms with van der Waals surface area (Å²) in [6, 6.07) is 6.58. The molecule has 3 aromatic rings. The Bertz CT molecular complexity index is 980. The number of nitrogens with one attached hydrogen (secondary N) is 1. The fraction of sp³-hybridized carbons (Fsp3) is 0.263. The minimum absolute atomic E-state index is 0.219. The van der Waals surface area contributed by atoms with Gasteiger partial charge in [-0.2, -0.15) is 13.2 Å². The van der Waals surface area contributed by atoms with E-state index in [0.717, 1.165) is 35.9 Å². The molecule has 0 radical (unpaired) electrons. The predicted molar refractivity (Wildman–Crippen MR) is 106 cm³/mol. The second-order valence-electron chi connectivity index (χ2n) is 6.23. The Morgan fingerprint density at radius 2 is 1.70 bits per heavy atom. The highest BCUT2D eigenvalue weighted by Crippen LogP contribution is 2.41. The lowest BCUT2D eigenvalue weighted by Crippen LogP contribution is -2.05. The maximum Gasteiger partial charge on any atom is 0.416 e. The number of H-pyrrole nitrogens is 1. The molecule has 27 heavy (non-hydrogen) atoms. The number of hydrogen-bond donors (Lipinski definition) is 2. The van der Waals surface area contributed by atoms with Gasteiger partial charge < -0.3 is 10.7 Å². The van der Waals surface area contributed by atoms with Gasteiger partial charge in [0.05, 0.1) is 16.3 Å². The number of benzene rings is 2. The summed E-state index contributed by atoms with van der Waals surface area (Å²) in [6.45, 7) is 0.529. The molecule has 144 valence electrons. The first-order valence-electron chi connectivity index (χ1n) is 8.29. The first kappa shape index (κ1) is 20.3. The van der Waals surface area contributed by atoms with Crippen LogP contribution in [0.5, 0.6) is 0 Å². The lowest BCUT2D eigenvalue weighted by molar-refractivity contribution is -0.137. The number of alkyl halides is 3. The second-order valence-corrected chi connectivity index (χ2v) is 7.48. The average Bonchev–Trinajstić information content (AvgIpc) is 2.93. The zero-order valence-electron chi connectivity index (χ0n) is 14.1. The van der Waals surface area contributed by atoms with Crippen molar-refractivity contribution in [3.05, 3.63) is 56.5 Å². The summed E-state index contributed by atoms with van der Waals surface area (Å²) < 4.78 is 39.5. The van der Waals surface area contributed by atoms with Crippen molar-refractivity contribution in [3.63, 3.8) is 0 Å². The number of hydrogen-bond acceptors (Lipinski definition) is 1. The third kappa shape index (κ3) is 4.21. The molecule has 0 saturated carbocycles. The molecule has 1 aromatic heterocycles. The zero-order valence-corrected chi connectivity index (χ0v) is 16.3. The fourth-order valence-corrected chi connectivity index (χ4v) is 3.95. The van der Waals surface area contributed by atoms with Gasteiger partial charge >= 0.3 is 6.18 Å². The summed E-state index contributed by atoms with van der Waals surface area (Å²) in [6.07, 6.45) is -2.31.